The van der Waals surface area contributed by atoms with Crippen LogP contribution in [0.3, 0.4) is 0 Å². The molecule has 1 fully saturated rings. The topological polar surface area (TPSA) is 77.2 Å². The van der Waals surface area contributed by atoms with Crippen LogP contribution in [0.1, 0.15) is 41.2 Å². The SMILES string of the molecule is Cc1cc(C(=O)N2C[C@@H](C)N[C@@H](C)C2)c(C=C2C(=O)Nc3cccc(-c4cccc(F)c4F)c32)[nH]1. The van der Waals surface area contributed by atoms with Gasteiger partial charge < -0.3 is 20.5 Å². The van der Waals surface area contributed by atoms with Gasteiger partial charge >= 0.3 is 0 Å². The van der Waals surface area contributed by atoms with Gasteiger partial charge in [-0.25, -0.2) is 8.78 Å². The molecule has 2 atom stereocenters. The number of fused-ring (bicyclic) bond motifs is 1. The van der Waals surface area contributed by atoms with E-state index < -0.39 is 11.6 Å². The molecule has 35 heavy (non-hydrogen) atoms. The molecule has 0 radical (unpaired) electrons. The number of nitrogens with zero attached hydrogens (tertiary/aromatic N) is 1. The molecule has 8 heteroatoms. The van der Waals surface area contributed by atoms with Crippen LogP contribution in [0, 0.1) is 18.6 Å². The van der Waals surface area contributed by atoms with Crippen LogP contribution in [-0.2, 0) is 4.79 Å². The molecule has 3 aromatic rings. The lowest BCUT2D eigenvalue weighted by Gasteiger charge is -2.36. The van der Waals surface area contributed by atoms with Gasteiger partial charge in [-0.05, 0) is 50.6 Å². The van der Waals surface area contributed by atoms with Gasteiger partial charge in [0.1, 0.15) is 0 Å². The second kappa shape index (κ2) is 8.78. The van der Waals surface area contributed by atoms with Crippen molar-refractivity contribution in [2.45, 2.75) is 32.9 Å². The number of rotatable bonds is 3. The molecule has 0 aliphatic carbocycles. The number of carbonyl (C=O) groups is 2. The van der Waals surface area contributed by atoms with Crippen molar-refractivity contribution in [2.24, 2.45) is 0 Å². The normalized spacial score (nSPS) is 20.8. The van der Waals surface area contributed by atoms with Crippen LogP contribution in [0.2, 0.25) is 0 Å². The van der Waals surface area contributed by atoms with Gasteiger partial charge in [0, 0.05) is 47.7 Å². The highest BCUT2D eigenvalue weighted by molar-refractivity contribution is 6.36. The average Bonchev–Trinajstić information content (AvgIpc) is 3.33. The molecular weight excluding hydrogens is 450 g/mol. The van der Waals surface area contributed by atoms with Crippen molar-refractivity contribution in [2.75, 3.05) is 18.4 Å². The van der Waals surface area contributed by atoms with E-state index in [-0.39, 0.29) is 35.0 Å². The number of amides is 2. The highest BCUT2D eigenvalue weighted by atomic mass is 19.2. The summed E-state index contributed by atoms with van der Waals surface area (Å²) in [6.07, 6.45) is 1.62. The van der Waals surface area contributed by atoms with Gasteiger partial charge in [0.05, 0.1) is 16.8 Å². The fourth-order valence-corrected chi connectivity index (χ4v) is 5.03. The number of aromatic amines is 1. The van der Waals surface area contributed by atoms with E-state index >= 15 is 0 Å². The van der Waals surface area contributed by atoms with Crippen molar-refractivity contribution in [3.63, 3.8) is 0 Å². The minimum atomic E-state index is -0.979. The van der Waals surface area contributed by atoms with Crippen LogP contribution in [0.5, 0.6) is 0 Å². The number of aryl methyl sites for hydroxylation is 1. The zero-order valence-corrected chi connectivity index (χ0v) is 19.7. The fraction of sp³-hybridized carbons (Fsp3) is 0.259. The van der Waals surface area contributed by atoms with Gasteiger partial charge in [-0.2, -0.15) is 0 Å². The molecule has 2 aliphatic heterocycles. The molecule has 3 N–H and O–H groups in total. The van der Waals surface area contributed by atoms with E-state index in [1.807, 2.05) is 25.7 Å². The zero-order valence-electron chi connectivity index (χ0n) is 19.7. The number of hydrogen-bond donors (Lipinski definition) is 3. The molecular formula is C27H26F2N4O2. The van der Waals surface area contributed by atoms with E-state index in [0.717, 1.165) is 11.8 Å². The molecule has 0 unspecified atom stereocenters. The Bertz CT molecular complexity index is 1370. The maximum Gasteiger partial charge on any atom is 0.256 e. The molecule has 1 saturated heterocycles. The standard InChI is InChI=1S/C27H26F2N4O2/c1-14-10-19(27(35)33-12-15(2)30-16(3)13-33)23(31-14)11-20-24-17(6-5-9-22(24)32-26(20)34)18-7-4-8-21(28)25(18)29/h4-11,15-16,30-31H,12-13H2,1-3H3,(H,32,34)/t15-,16+. The molecule has 6 nitrogen and oxygen atoms in total. The Morgan fingerprint density at radius 2 is 1.74 bits per heavy atom. The lowest BCUT2D eigenvalue weighted by Crippen LogP contribution is -2.55. The molecule has 2 amide bonds. The summed E-state index contributed by atoms with van der Waals surface area (Å²) in [4.78, 5) is 31.4. The fourth-order valence-electron chi connectivity index (χ4n) is 5.03. The Kier molecular flexibility index (Phi) is 5.76. The summed E-state index contributed by atoms with van der Waals surface area (Å²) in [5.41, 5.74) is 3.44. The molecule has 1 aromatic heterocycles. The first kappa shape index (κ1) is 23.0. The van der Waals surface area contributed by atoms with Crippen molar-refractivity contribution in [1.82, 2.24) is 15.2 Å². The highest BCUT2D eigenvalue weighted by Crippen LogP contribution is 2.41. The molecule has 0 bridgehead atoms. The maximum atomic E-state index is 14.7. The summed E-state index contributed by atoms with van der Waals surface area (Å²) < 4.78 is 28.7. The largest absolute Gasteiger partial charge is 0.358 e. The number of benzene rings is 2. The van der Waals surface area contributed by atoms with Crippen LogP contribution in [0.15, 0.2) is 42.5 Å². The number of halogens is 2. The first-order valence-electron chi connectivity index (χ1n) is 11.6. The predicted octanol–water partition coefficient (Wildman–Crippen LogP) is 4.58. The van der Waals surface area contributed by atoms with Crippen molar-refractivity contribution < 1.29 is 18.4 Å². The van der Waals surface area contributed by atoms with E-state index in [2.05, 4.69) is 15.6 Å². The Hall–Kier alpha value is -3.78. The third-order valence-electron chi connectivity index (χ3n) is 6.42. The molecule has 0 saturated carbocycles. The van der Waals surface area contributed by atoms with Gasteiger partial charge in [-0.1, -0.05) is 24.3 Å². The highest BCUT2D eigenvalue weighted by Gasteiger charge is 2.31. The summed E-state index contributed by atoms with van der Waals surface area (Å²) in [5.74, 6) is -2.44. The summed E-state index contributed by atoms with van der Waals surface area (Å²) >= 11 is 0. The number of aromatic nitrogens is 1. The minimum Gasteiger partial charge on any atom is -0.358 e. The Balaban J connectivity index is 1.60. The summed E-state index contributed by atoms with van der Waals surface area (Å²) in [6, 6.07) is 11.1. The summed E-state index contributed by atoms with van der Waals surface area (Å²) in [5, 5.41) is 6.22. The predicted molar refractivity (Wildman–Crippen MR) is 132 cm³/mol. The molecule has 2 aliphatic rings. The van der Waals surface area contributed by atoms with Crippen LogP contribution in [0.25, 0.3) is 22.8 Å². The molecule has 0 spiro atoms. The second-order valence-corrected chi connectivity index (χ2v) is 9.30. The monoisotopic (exact) mass is 476 g/mol. The number of H-pyrrole nitrogens is 1. The Labute approximate surface area is 202 Å². The third kappa shape index (κ3) is 4.14. The molecule has 2 aromatic carbocycles. The summed E-state index contributed by atoms with van der Waals surface area (Å²) in [6.45, 7) is 7.08. The number of carbonyl (C=O) groups excluding carboxylic acids is 2. The van der Waals surface area contributed by atoms with E-state index in [9.17, 15) is 18.4 Å². The van der Waals surface area contributed by atoms with E-state index in [1.54, 1.807) is 30.3 Å². The first-order chi connectivity index (χ1) is 16.7. The first-order valence-corrected chi connectivity index (χ1v) is 11.6. The van der Waals surface area contributed by atoms with Crippen molar-refractivity contribution in [1.29, 1.82) is 0 Å². The van der Waals surface area contributed by atoms with Gasteiger partial charge in [-0.3, -0.25) is 9.59 Å². The number of hydrogen-bond acceptors (Lipinski definition) is 3. The maximum absolute atomic E-state index is 14.7. The lowest BCUT2D eigenvalue weighted by molar-refractivity contribution is -0.110. The molecule has 180 valence electrons. The van der Waals surface area contributed by atoms with E-state index in [4.69, 9.17) is 0 Å². The van der Waals surface area contributed by atoms with E-state index in [1.165, 1.54) is 12.1 Å². The second-order valence-electron chi connectivity index (χ2n) is 9.30. The Morgan fingerprint density at radius 1 is 1.06 bits per heavy atom. The quantitative estimate of drug-likeness (QED) is 0.484. The van der Waals surface area contributed by atoms with Crippen molar-refractivity contribution in [3.8, 4) is 11.1 Å². The Morgan fingerprint density at radius 3 is 2.49 bits per heavy atom. The molecule has 5 rings (SSSR count). The zero-order chi connectivity index (χ0) is 24.9. The number of nitrogens with one attached hydrogen (secondary N) is 3. The van der Waals surface area contributed by atoms with Crippen LogP contribution in [-0.4, -0.2) is 46.9 Å². The van der Waals surface area contributed by atoms with Gasteiger partial charge in [0.2, 0.25) is 0 Å². The third-order valence-corrected chi connectivity index (χ3v) is 6.42. The van der Waals surface area contributed by atoms with Gasteiger partial charge in [0.25, 0.3) is 11.8 Å². The number of anilines is 1. The van der Waals surface area contributed by atoms with Gasteiger partial charge in [-0.15, -0.1) is 0 Å². The van der Waals surface area contributed by atoms with Gasteiger partial charge in [0.15, 0.2) is 11.6 Å². The van der Waals surface area contributed by atoms with Crippen LogP contribution >= 0.6 is 0 Å². The number of piperazine rings is 1. The van der Waals surface area contributed by atoms with Crippen LogP contribution in [0.4, 0.5) is 14.5 Å². The van der Waals surface area contributed by atoms with E-state index in [0.29, 0.717) is 41.2 Å². The smallest absolute Gasteiger partial charge is 0.256 e. The van der Waals surface area contributed by atoms with Crippen LogP contribution < -0.4 is 10.6 Å². The average molecular weight is 477 g/mol. The minimum absolute atomic E-state index is 0.0620. The van der Waals surface area contributed by atoms with Crippen molar-refractivity contribution >= 4 is 29.2 Å². The van der Waals surface area contributed by atoms with Crippen molar-refractivity contribution in [3.05, 3.63) is 76.6 Å². The summed E-state index contributed by atoms with van der Waals surface area (Å²) in [7, 11) is 0. The molecule has 3 heterocycles. The lowest BCUT2D eigenvalue weighted by atomic mass is 9.93.